The summed E-state index contributed by atoms with van der Waals surface area (Å²) in [6, 6.07) is 14.1. The van der Waals surface area contributed by atoms with E-state index in [0.29, 0.717) is 35.6 Å². The molecule has 4 aromatic rings. The van der Waals surface area contributed by atoms with Crippen molar-refractivity contribution in [3.05, 3.63) is 77.9 Å². The van der Waals surface area contributed by atoms with Crippen molar-refractivity contribution in [1.82, 2.24) is 24.4 Å². The molecule has 8 nitrogen and oxygen atoms in total. The first-order chi connectivity index (χ1) is 16.7. The van der Waals surface area contributed by atoms with Crippen LogP contribution in [0.15, 0.2) is 60.9 Å². The molecule has 0 bridgehead atoms. The van der Waals surface area contributed by atoms with Crippen molar-refractivity contribution < 1.29 is 18.7 Å². The summed E-state index contributed by atoms with van der Waals surface area (Å²) in [6.07, 6.45) is 3.17. The van der Waals surface area contributed by atoms with Gasteiger partial charge in [-0.05, 0) is 35.9 Å². The van der Waals surface area contributed by atoms with Gasteiger partial charge in [0.15, 0.2) is 17.1 Å². The molecule has 1 fully saturated rings. The third kappa shape index (κ3) is 3.73. The van der Waals surface area contributed by atoms with E-state index in [1.54, 1.807) is 35.1 Å². The SMILES string of the molecule is O=C(c1cnn2c(-c3cccc(F)c3)ccnc12)N1CCN(Cc2ccc3c(c2)OCO3)CC1. The number of rotatable bonds is 4. The number of benzene rings is 2. The highest BCUT2D eigenvalue weighted by Gasteiger charge is 2.26. The van der Waals surface area contributed by atoms with Gasteiger partial charge in [-0.25, -0.2) is 13.9 Å². The second-order valence-electron chi connectivity index (χ2n) is 8.39. The van der Waals surface area contributed by atoms with Crippen LogP contribution in [0.2, 0.25) is 0 Å². The summed E-state index contributed by atoms with van der Waals surface area (Å²) in [7, 11) is 0. The highest BCUT2D eigenvalue weighted by atomic mass is 19.1. The number of ether oxygens (including phenoxy) is 2. The topological polar surface area (TPSA) is 72.2 Å². The number of hydrogen-bond acceptors (Lipinski definition) is 6. The Bertz CT molecular complexity index is 1380. The average Bonchev–Trinajstić information content (AvgIpc) is 3.51. The third-order valence-corrected chi connectivity index (χ3v) is 6.25. The summed E-state index contributed by atoms with van der Waals surface area (Å²) in [5.74, 6) is 1.14. The fourth-order valence-electron chi connectivity index (χ4n) is 4.49. The van der Waals surface area contributed by atoms with Crippen molar-refractivity contribution in [2.45, 2.75) is 6.54 Å². The van der Waals surface area contributed by atoms with Crippen LogP contribution in [0.25, 0.3) is 16.9 Å². The lowest BCUT2D eigenvalue weighted by atomic mass is 10.1. The van der Waals surface area contributed by atoms with Crippen LogP contribution in [-0.4, -0.2) is 63.3 Å². The minimum absolute atomic E-state index is 0.0957. The Morgan fingerprint density at radius 1 is 1.00 bits per heavy atom. The van der Waals surface area contributed by atoms with Crippen LogP contribution in [0.3, 0.4) is 0 Å². The molecule has 0 spiro atoms. The average molecular weight is 459 g/mol. The number of halogens is 1. The van der Waals surface area contributed by atoms with Crippen molar-refractivity contribution in [2.24, 2.45) is 0 Å². The van der Waals surface area contributed by atoms with Gasteiger partial charge in [0.1, 0.15) is 11.4 Å². The predicted molar refractivity (Wildman–Crippen MR) is 122 cm³/mol. The summed E-state index contributed by atoms with van der Waals surface area (Å²) < 4.78 is 26.2. The zero-order valence-corrected chi connectivity index (χ0v) is 18.4. The fourth-order valence-corrected chi connectivity index (χ4v) is 4.49. The van der Waals surface area contributed by atoms with Gasteiger partial charge in [0.2, 0.25) is 6.79 Å². The molecule has 2 aromatic carbocycles. The van der Waals surface area contributed by atoms with Crippen LogP contribution in [0, 0.1) is 5.82 Å². The molecule has 1 amide bonds. The summed E-state index contributed by atoms with van der Waals surface area (Å²) in [5, 5.41) is 4.39. The monoisotopic (exact) mass is 459 g/mol. The lowest BCUT2D eigenvalue weighted by Crippen LogP contribution is -2.48. The number of aromatic nitrogens is 3. The Hall–Kier alpha value is -3.98. The summed E-state index contributed by atoms with van der Waals surface area (Å²) in [5.41, 5.74) is 3.42. The van der Waals surface area contributed by atoms with Crippen LogP contribution in [-0.2, 0) is 6.54 Å². The van der Waals surface area contributed by atoms with E-state index in [9.17, 15) is 9.18 Å². The Balaban J connectivity index is 1.16. The third-order valence-electron chi connectivity index (χ3n) is 6.25. The van der Waals surface area contributed by atoms with Gasteiger partial charge in [-0.1, -0.05) is 18.2 Å². The van der Waals surface area contributed by atoms with Crippen molar-refractivity contribution in [3.63, 3.8) is 0 Å². The largest absolute Gasteiger partial charge is 0.454 e. The van der Waals surface area contributed by atoms with E-state index < -0.39 is 0 Å². The summed E-state index contributed by atoms with van der Waals surface area (Å²) in [4.78, 5) is 21.8. The van der Waals surface area contributed by atoms with Crippen LogP contribution in [0.4, 0.5) is 4.39 Å². The predicted octanol–water partition coefficient (Wildman–Crippen LogP) is 3.22. The van der Waals surface area contributed by atoms with Gasteiger partial charge in [-0.15, -0.1) is 0 Å². The van der Waals surface area contributed by atoms with Gasteiger partial charge in [0.25, 0.3) is 5.91 Å². The molecule has 9 heteroatoms. The number of fused-ring (bicyclic) bond motifs is 2. The molecule has 172 valence electrons. The standard InChI is InChI=1S/C25H22FN5O3/c26-19-3-1-2-18(13-19)21-6-7-27-24-20(14-28-31(21)24)25(32)30-10-8-29(9-11-30)15-17-4-5-22-23(12-17)34-16-33-22/h1-7,12-14H,8-11,15-16H2. The zero-order chi connectivity index (χ0) is 23.1. The number of carbonyl (C=O) groups excluding carboxylic acids is 1. The smallest absolute Gasteiger partial charge is 0.259 e. The molecule has 2 aromatic heterocycles. The Morgan fingerprint density at radius 2 is 1.85 bits per heavy atom. The molecule has 0 unspecified atom stereocenters. The lowest BCUT2D eigenvalue weighted by molar-refractivity contribution is 0.0630. The Labute approximate surface area is 195 Å². The minimum Gasteiger partial charge on any atom is -0.454 e. The molecular formula is C25H22FN5O3. The lowest BCUT2D eigenvalue weighted by Gasteiger charge is -2.34. The number of hydrogen-bond donors (Lipinski definition) is 0. The van der Waals surface area contributed by atoms with Crippen molar-refractivity contribution >= 4 is 11.6 Å². The van der Waals surface area contributed by atoms with E-state index >= 15 is 0 Å². The van der Waals surface area contributed by atoms with E-state index in [2.05, 4.69) is 15.0 Å². The second kappa shape index (κ2) is 8.42. The molecule has 0 N–H and O–H groups in total. The maximum absolute atomic E-state index is 13.7. The molecule has 2 aliphatic heterocycles. The first-order valence-electron chi connectivity index (χ1n) is 11.1. The van der Waals surface area contributed by atoms with E-state index in [1.165, 1.54) is 12.1 Å². The van der Waals surface area contributed by atoms with Gasteiger partial charge in [0.05, 0.1) is 11.9 Å². The van der Waals surface area contributed by atoms with Crippen LogP contribution in [0.1, 0.15) is 15.9 Å². The fraction of sp³-hybridized carbons (Fsp3) is 0.240. The van der Waals surface area contributed by atoms with Crippen molar-refractivity contribution in [1.29, 1.82) is 0 Å². The molecule has 34 heavy (non-hydrogen) atoms. The molecule has 0 atom stereocenters. The Morgan fingerprint density at radius 3 is 2.71 bits per heavy atom. The van der Waals surface area contributed by atoms with Crippen molar-refractivity contribution in [2.75, 3.05) is 33.0 Å². The van der Waals surface area contributed by atoms with Gasteiger partial charge < -0.3 is 14.4 Å². The quantitative estimate of drug-likeness (QED) is 0.467. The van der Waals surface area contributed by atoms with E-state index in [0.717, 1.165) is 36.7 Å². The van der Waals surface area contributed by atoms with Gasteiger partial charge in [-0.3, -0.25) is 9.69 Å². The van der Waals surface area contributed by atoms with E-state index in [-0.39, 0.29) is 18.5 Å². The molecule has 2 aliphatic rings. The molecule has 4 heterocycles. The van der Waals surface area contributed by atoms with Crippen LogP contribution in [0.5, 0.6) is 11.5 Å². The van der Waals surface area contributed by atoms with E-state index in [4.69, 9.17) is 9.47 Å². The van der Waals surface area contributed by atoms with Gasteiger partial charge >= 0.3 is 0 Å². The number of amides is 1. The highest BCUT2D eigenvalue weighted by molar-refractivity contribution is 6.00. The van der Waals surface area contributed by atoms with E-state index in [1.807, 2.05) is 23.1 Å². The summed E-state index contributed by atoms with van der Waals surface area (Å²) in [6.45, 7) is 3.81. The Kier molecular flexibility index (Phi) is 5.10. The number of nitrogens with zero attached hydrogens (tertiary/aromatic N) is 5. The highest BCUT2D eigenvalue weighted by Crippen LogP contribution is 2.33. The van der Waals surface area contributed by atoms with Gasteiger partial charge in [-0.2, -0.15) is 5.10 Å². The zero-order valence-electron chi connectivity index (χ0n) is 18.4. The van der Waals surface area contributed by atoms with Crippen LogP contribution < -0.4 is 9.47 Å². The molecular weight excluding hydrogens is 437 g/mol. The van der Waals surface area contributed by atoms with Gasteiger partial charge in [0, 0.05) is 44.5 Å². The second-order valence-corrected chi connectivity index (χ2v) is 8.39. The molecule has 6 rings (SSSR count). The number of piperazine rings is 1. The maximum Gasteiger partial charge on any atom is 0.259 e. The van der Waals surface area contributed by atoms with Crippen molar-refractivity contribution in [3.8, 4) is 22.8 Å². The molecule has 1 saturated heterocycles. The minimum atomic E-state index is -0.329. The maximum atomic E-state index is 13.7. The summed E-state index contributed by atoms with van der Waals surface area (Å²) >= 11 is 0. The number of carbonyl (C=O) groups is 1. The normalized spacial score (nSPS) is 15.7. The first kappa shape index (κ1) is 20.6. The molecule has 0 radical (unpaired) electrons. The molecule has 0 aliphatic carbocycles. The molecule has 0 saturated carbocycles. The first-order valence-corrected chi connectivity index (χ1v) is 11.1. The van der Waals surface area contributed by atoms with Crippen LogP contribution >= 0.6 is 0 Å².